The molecule has 0 bridgehead atoms. The molecule has 0 rings (SSSR count). The molecule has 0 aromatic heterocycles. The molecule has 0 aromatic carbocycles. The van der Waals surface area contributed by atoms with Crippen LogP contribution in [0.15, 0.2) is 54.7 Å². The van der Waals surface area contributed by atoms with Crippen LogP contribution in [0.2, 0.25) is 0 Å². The van der Waals surface area contributed by atoms with E-state index >= 15 is 0 Å². The van der Waals surface area contributed by atoms with Gasteiger partial charge in [-0.3, -0.25) is 0 Å². The zero-order chi connectivity index (χ0) is 21.1. The van der Waals surface area contributed by atoms with Gasteiger partial charge in [0.1, 0.15) is 0 Å². The van der Waals surface area contributed by atoms with E-state index in [4.69, 9.17) is 6.58 Å². The molecule has 0 spiro atoms. The van der Waals surface area contributed by atoms with Gasteiger partial charge < -0.3 is 0 Å². The van der Waals surface area contributed by atoms with Crippen molar-refractivity contribution in [1.29, 1.82) is 0 Å². The molecule has 0 aliphatic rings. The van der Waals surface area contributed by atoms with Crippen LogP contribution < -0.4 is 0 Å². The highest BCUT2D eigenvalue weighted by molar-refractivity contribution is 5.16. The van der Waals surface area contributed by atoms with E-state index in [1.54, 1.807) is 0 Å². The van der Waals surface area contributed by atoms with Gasteiger partial charge in [-0.25, -0.2) is 0 Å². The van der Waals surface area contributed by atoms with Crippen molar-refractivity contribution >= 4 is 0 Å². The summed E-state index contributed by atoms with van der Waals surface area (Å²) in [6.07, 6.45) is 43.5. The van der Waals surface area contributed by atoms with E-state index in [-0.39, 0.29) is 0 Å². The van der Waals surface area contributed by atoms with Crippen molar-refractivity contribution < 1.29 is 0 Å². The fourth-order valence-corrected chi connectivity index (χ4v) is 3.55. The van der Waals surface area contributed by atoms with Gasteiger partial charge in [0.25, 0.3) is 0 Å². The van der Waals surface area contributed by atoms with Crippen LogP contribution in [-0.2, 0) is 0 Å². The molecule has 0 heteroatoms. The van der Waals surface area contributed by atoms with E-state index in [2.05, 4.69) is 25.2 Å². The maximum absolute atomic E-state index is 5.25. The van der Waals surface area contributed by atoms with Crippen molar-refractivity contribution in [2.75, 3.05) is 0 Å². The van der Waals surface area contributed by atoms with E-state index in [1.807, 2.05) is 30.4 Å². The molecule has 0 atom stereocenters. The molecule has 0 amide bonds. The second kappa shape index (κ2) is 26.7. The Hall–Kier alpha value is -1.30. The summed E-state index contributed by atoms with van der Waals surface area (Å²) in [6, 6.07) is 0. The first kappa shape index (κ1) is 27.7. The van der Waals surface area contributed by atoms with Crippen LogP contribution in [0.1, 0.15) is 122 Å². The van der Waals surface area contributed by atoms with Crippen molar-refractivity contribution in [3.05, 3.63) is 61.3 Å². The fourth-order valence-electron chi connectivity index (χ4n) is 3.55. The van der Waals surface area contributed by atoms with Gasteiger partial charge in [-0.2, -0.15) is 0 Å². The van der Waals surface area contributed by atoms with Crippen molar-refractivity contribution in [3.8, 4) is 0 Å². The van der Waals surface area contributed by atoms with Crippen LogP contribution in [0.5, 0.6) is 0 Å². The Morgan fingerprint density at radius 2 is 0.759 bits per heavy atom. The van der Waals surface area contributed by atoms with Gasteiger partial charge in [0.15, 0.2) is 0 Å². The van der Waals surface area contributed by atoms with Gasteiger partial charge in [0.05, 0.1) is 0 Å². The lowest BCUT2D eigenvalue weighted by molar-refractivity contribution is 0.527. The number of hydrogen-bond acceptors (Lipinski definition) is 0. The Labute approximate surface area is 184 Å². The summed E-state index contributed by atoms with van der Waals surface area (Å²) >= 11 is 0. The van der Waals surface area contributed by atoms with Crippen LogP contribution >= 0.6 is 0 Å². The molecule has 0 fully saturated rings. The van der Waals surface area contributed by atoms with Crippen molar-refractivity contribution in [2.45, 2.75) is 122 Å². The second-order valence-corrected chi connectivity index (χ2v) is 8.22. The minimum atomic E-state index is 1.20. The first-order valence-electron chi connectivity index (χ1n) is 12.6. The lowest BCUT2D eigenvalue weighted by Crippen LogP contribution is -1.83. The number of rotatable bonds is 22. The Morgan fingerprint density at radius 3 is 1.17 bits per heavy atom. The zero-order valence-electron chi connectivity index (χ0n) is 19.5. The molecule has 0 saturated carbocycles. The Morgan fingerprint density at radius 1 is 0.414 bits per heavy atom. The fraction of sp³-hybridized carbons (Fsp3) is 0.655. The normalized spacial score (nSPS) is 12.3. The van der Waals surface area contributed by atoms with Crippen molar-refractivity contribution in [2.24, 2.45) is 0 Å². The van der Waals surface area contributed by atoms with Crippen molar-refractivity contribution in [3.63, 3.8) is 0 Å². The SMILES string of the molecule is [CH]=CC=CC=CC=CC=CCCCCCCCCCCCCCCCCCCC. The van der Waals surface area contributed by atoms with Crippen molar-refractivity contribution in [1.82, 2.24) is 0 Å². The summed E-state index contributed by atoms with van der Waals surface area (Å²) in [6.45, 7) is 7.55. The van der Waals surface area contributed by atoms with Crippen LogP contribution in [0.3, 0.4) is 0 Å². The smallest absolute Gasteiger partial charge is 0.0348 e. The molecular weight excluding hydrogens is 348 g/mol. The number of hydrogen-bond donors (Lipinski definition) is 0. The molecule has 0 N–H and O–H groups in total. The summed E-state index contributed by atoms with van der Waals surface area (Å²) in [4.78, 5) is 0. The minimum Gasteiger partial charge on any atom is -0.0845 e. The summed E-state index contributed by atoms with van der Waals surface area (Å²) in [7, 11) is 0. The molecule has 1 radical (unpaired) electrons. The highest BCUT2D eigenvalue weighted by atomic mass is 14.0. The zero-order valence-corrected chi connectivity index (χ0v) is 19.5. The van der Waals surface area contributed by atoms with E-state index < -0.39 is 0 Å². The quantitative estimate of drug-likeness (QED) is 0.126. The Bertz CT molecular complexity index is 421. The van der Waals surface area contributed by atoms with Gasteiger partial charge in [-0.15, -0.1) is 0 Å². The lowest BCUT2D eigenvalue weighted by Gasteiger charge is -2.03. The Kier molecular flexibility index (Phi) is 25.5. The topological polar surface area (TPSA) is 0 Å². The van der Waals surface area contributed by atoms with Gasteiger partial charge in [-0.05, 0) is 12.8 Å². The third-order valence-corrected chi connectivity index (χ3v) is 5.39. The monoisotopic (exact) mass is 397 g/mol. The summed E-state index contributed by atoms with van der Waals surface area (Å²) in [5.74, 6) is 0. The van der Waals surface area contributed by atoms with Crippen LogP contribution in [0.4, 0.5) is 0 Å². The minimum absolute atomic E-state index is 1.20. The first-order valence-corrected chi connectivity index (χ1v) is 12.6. The van der Waals surface area contributed by atoms with Crippen LogP contribution in [0, 0.1) is 6.58 Å². The molecule has 0 heterocycles. The summed E-state index contributed by atoms with van der Waals surface area (Å²) in [5, 5.41) is 0. The highest BCUT2D eigenvalue weighted by Crippen LogP contribution is 2.14. The van der Waals surface area contributed by atoms with Gasteiger partial charge >= 0.3 is 0 Å². The largest absolute Gasteiger partial charge is 0.0845 e. The van der Waals surface area contributed by atoms with E-state index in [0.29, 0.717) is 0 Å². The Balaban J connectivity index is 3.17. The summed E-state index contributed by atoms with van der Waals surface area (Å²) in [5.41, 5.74) is 0. The predicted molar refractivity (Wildman–Crippen MR) is 134 cm³/mol. The lowest BCUT2D eigenvalue weighted by atomic mass is 10.0. The molecule has 165 valence electrons. The third-order valence-electron chi connectivity index (χ3n) is 5.39. The number of unbranched alkanes of at least 4 members (excludes halogenated alkanes) is 17. The molecule has 29 heavy (non-hydrogen) atoms. The van der Waals surface area contributed by atoms with E-state index in [0.717, 1.165) is 0 Å². The number of allylic oxidation sites excluding steroid dienone is 9. The molecular formula is C29H49. The van der Waals surface area contributed by atoms with Crippen LogP contribution in [0.25, 0.3) is 0 Å². The molecule has 0 aliphatic heterocycles. The first-order chi connectivity index (χ1) is 14.4. The molecule has 0 nitrogen and oxygen atoms in total. The average Bonchev–Trinajstić information content (AvgIpc) is 2.74. The van der Waals surface area contributed by atoms with Gasteiger partial charge in [0, 0.05) is 0 Å². The van der Waals surface area contributed by atoms with E-state index in [9.17, 15) is 0 Å². The highest BCUT2D eigenvalue weighted by Gasteiger charge is 1.94. The maximum Gasteiger partial charge on any atom is -0.0348 e. The van der Waals surface area contributed by atoms with Gasteiger partial charge in [0.2, 0.25) is 0 Å². The van der Waals surface area contributed by atoms with E-state index in [1.165, 1.54) is 122 Å². The summed E-state index contributed by atoms with van der Waals surface area (Å²) < 4.78 is 0. The molecule has 0 unspecified atom stereocenters. The third kappa shape index (κ3) is 26.7. The molecule has 0 aromatic rings. The molecule has 0 saturated heterocycles. The van der Waals surface area contributed by atoms with Crippen LogP contribution in [-0.4, -0.2) is 0 Å². The average molecular weight is 398 g/mol. The molecule has 0 aliphatic carbocycles. The maximum atomic E-state index is 5.25. The second-order valence-electron chi connectivity index (χ2n) is 8.22. The van der Waals surface area contributed by atoms with Gasteiger partial charge in [-0.1, -0.05) is 171 Å². The standard InChI is InChI=1S/C29H49/c1-3-5-7-9-11-13-15-17-19-21-23-25-27-29-28-26-24-22-20-18-16-14-12-10-8-6-4-2/h1,3,5,7,9,11,13,15,17,19H,4,6,8,10,12,14,16,18,20-29H2,2H3. The predicted octanol–water partition coefficient (Wildman–Crippen LogP) is 10.2.